The van der Waals surface area contributed by atoms with E-state index < -0.39 is 0 Å². The van der Waals surface area contributed by atoms with E-state index in [0.29, 0.717) is 12.6 Å². The van der Waals surface area contributed by atoms with Gasteiger partial charge in [-0.25, -0.2) is 0 Å². The van der Waals surface area contributed by atoms with Crippen LogP contribution in [0.5, 0.6) is 0 Å². The number of benzene rings is 2. The van der Waals surface area contributed by atoms with Crippen LogP contribution in [0.4, 0.5) is 5.69 Å². The first-order valence-corrected chi connectivity index (χ1v) is 10.1. The second kappa shape index (κ2) is 9.51. The van der Waals surface area contributed by atoms with Gasteiger partial charge in [-0.05, 0) is 36.5 Å². The van der Waals surface area contributed by atoms with Crippen molar-refractivity contribution >= 4 is 17.5 Å². The second-order valence-corrected chi connectivity index (χ2v) is 7.50. The number of fused-ring (bicyclic) bond motifs is 1. The van der Waals surface area contributed by atoms with E-state index in [4.69, 9.17) is 0 Å². The van der Waals surface area contributed by atoms with E-state index in [-0.39, 0.29) is 18.4 Å². The molecule has 5 nitrogen and oxygen atoms in total. The lowest BCUT2D eigenvalue weighted by Crippen LogP contribution is -3.10. The van der Waals surface area contributed by atoms with Gasteiger partial charge in [0.15, 0.2) is 6.54 Å². The van der Waals surface area contributed by atoms with Crippen LogP contribution < -0.4 is 15.5 Å². The van der Waals surface area contributed by atoms with Crippen molar-refractivity contribution in [3.8, 4) is 0 Å². The molecule has 0 bridgehead atoms. The van der Waals surface area contributed by atoms with Crippen LogP contribution >= 0.6 is 0 Å². The maximum Gasteiger partial charge on any atom is 0.275 e. The maximum absolute atomic E-state index is 12.4. The zero-order valence-electron chi connectivity index (χ0n) is 16.8. The van der Waals surface area contributed by atoms with Gasteiger partial charge in [0.25, 0.3) is 5.91 Å². The second-order valence-electron chi connectivity index (χ2n) is 7.50. The quantitative estimate of drug-likeness (QED) is 0.687. The van der Waals surface area contributed by atoms with Gasteiger partial charge < -0.3 is 15.5 Å². The molecule has 0 saturated carbocycles. The van der Waals surface area contributed by atoms with Gasteiger partial charge in [0.2, 0.25) is 5.91 Å². The maximum atomic E-state index is 12.4. The van der Waals surface area contributed by atoms with Gasteiger partial charge in [0.1, 0.15) is 6.04 Å². The molecular weight excluding hydrogens is 350 g/mol. The molecule has 0 saturated heterocycles. The predicted octanol–water partition coefficient (Wildman–Crippen LogP) is 1.90. The fourth-order valence-electron chi connectivity index (χ4n) is 4.03. The third kappa shape index (κ3) is 4.98. The molecule has 2 aromatic rings. The van der Waals surface area contributed by atoms with Crippen LogP contribution in [-0.2, 0) is 22.4 Å². The Hall–Kier alpha value is -2.66. The zero-order valence-corrected chi connectivity index (χ0v) is 16.8. The van der Waals surface area contributed by atoms with Crippen molar-refractivity contribution in [3.63, 3.8) is 0 Å². The predicted molar refractivity (Wildman–Crippen MR) is 111 cm³/mol. The average Bonchev–Trinajstić information content (AvgIpc) is 2.72. The van der Waals surface area contributed by atoms with Gasteiger partial charge in [0.05, 0.1) is 13.6 Å². The van der Waals surface area contributed by atoms with E-state index in [2.05, 4.69) is 48.9 Å². The number of quaternary nitrogens is 1. The van der Waals surface area contributed by atoms with Crippen LogP contribution in [0, 0.1) is 0 Å². The minimum Gasteiger partial charge on any atom is -0.342 e. The smallest absolute Gasteiger partial charge is 0.275 e. The van der Waals surface area contributed by atoms with E-state index in [1.165, 1.54) is 16.0 Å². The van der Waals surface area contributed by atoms with Crippen LogP contribution in [0.25, 0.3) is 0 Å². The number of aryl methyl sites for hydroxylation is 2. The lowest BCUT2D eigenvalue weighted by molar-refractivity contribution is -0.905. The minimum atomic E-state index is -0.199. The van der Waals surface area contributed by atoms with Crippen LogP contribution in [0.15, 0.2) is 48.5 Å². The summed E-state index contributed by atoms with van der Waals surface area (Å²) in [6.07, 6.45) is 4.20. The summed E-state index contributed by atoms with van der Waals surface area (Å²) in [6.45, 7) is 2.40. The molecule has 0 aliphatic heterocycles. The van der Waals surface area contributed by atoms with Crippen molar-refractivity contribution in [2.24, 2.45) is 0 Å². The van der Waals surface area contributed by atoms with Crippen LogP contribution in [-0.4, -0.2) is 32.0 Å². The summed E-state index contributed by atoms with van der Waals surface area (Å²) in [7, 11) is 2.06. The van der Waals surface area contributed by atoms with Gasteiger partial charge in [0, 0.05) is 17.7 Å². The van der Waals surface area contributed by atoms with Gasteiger partial charge in [-0.3, -0.25) is 9.59 Å². The standard InChI is InChI=1S/C23H29N3O2/c1-3-17-9-5-7-13-20(17)25-22(27)15-24-23(28)16-26(2)21-14-8-11-18-10-4-6-12-19(18)21/h4-7,9-10,12-13,21H,3,8,11,14-16H2,1-2H3,(H,24,28)(H,25,27)/p+1/t21-/m0/s1. The first-order valence-electron chi connectivity index (χ1n) is 10.1. The van der Waals surface area contributed by atoms with Crippen molar-refractivity contribution in [1.29, 1.82) is 0 Å². The van der Waals surface area contributed by atoms with E-state index in [1.54, 1.807) is 0 Å². The van der Waals surface area contributed by atoms with Gasteiger partial charge >= 0.3 is 0 Å². The topological polar surface area (TPSA) is 62.6 Å². The fourth-order valence-corrected chi connectivity index (χ4v) is 4.03. The first-order chi connectivity index (χ1) is 13.6. The molecule has 0 heterocycles. The number of amides is 2. The number of nitrogens with one attached hydrogen (secondary N) is 3. The molecule has 3 N–H and O–H groups in total. The Bertz CT molecular complexity index is 834. The number of hydrogen-bond donors (Lipinski definition) is 3. The highest BCUT2D eigenvalue weighted by molar-refractivity contribution is 5.95. The summed E-state index contributed by atoms with van der Waals surface area (Å²) < 4.78 is 0. The monoisotopic (exact) mass is 380 g/mol. The number of anilines is 1. The number of hydrogen-bond acceptors (Lipinski definition) is 2. The van der Waals surface area contributed by atoms with Crippen molar-refractivity contribution in [3.05, 3.63) is 65.2 Å². The molecule has 2 atom stereocenters. The molecule has 1 unspecified atom stereocenters. The molecule has 1 aliphatic rings. The SMILES string of the molecule is CCc1ccccc1NC(=O)CNC(=O)C[NH+](C)[C@H]1CCCc2ccccc21. The van der Waals surface area contributed by atoms with E-state index >= 15 is 0 Å². The Kier molecular flexibility index (Phi) is 6.82. The molecule has 28 heavy (non-hydrogen) atoms. The fraction of sp³-hybridized carbons (Fsp3) is 0.391. The Labute approximate surface area is 167 Å². The highest BCUT2D eigenvalue weighted by Gasteiger charge is 2.27. The lowest BCUT2D eigenvalue weighted by atomic mass is 9.87. The molecule has 2 aromatic carbocycles. The molecular formula is C23H30N3O2+. The summed E-state index contributed by atoms with van der Waals surface area (Å²) in [5, 5.41) is 5.65. The van der Waals surface area contributed by atoms with E-state index in [1.807, 2.05) is 24.3 Å². The molecule has 0 spiro atoms. The van der Waals surface area contributed by atoms with Crippen molar-refractivity contribution in [2.45, 2.75) is 38.6 Å². The highest BCUT2D eigenvalue weighted by Crippen LogP contribution is 2.27. The molecule has 0 radical (unpaired) electrons. The molecule has 3 rings (SSSR count). The summed E-state index contributed by atoms with van der Waals surface area (Å²) in [6, 6.07) is 16.6. The Morgan fingerprint density at radius 3 is 2.64 bits per heavy atom. The molecule has 2 amide bonds. The van der Waals surface area contributed by atoms with Crippen LogP contribution in [0.1, 0.15) is 42.5 Å². The van der Waals surface area contributed by atoms with E-state index in [9.17, 15) is 9.59 Å². The number of carbonyl (C=O) groups is 2. The normalized spacial score (nSPS) is 16.7. The van der Waals surface area contributed by atoms with Crippen molar-refractivity contribution < 1.29 is 14.5 Å². The largest absolute Gasteiger partial charge is 0.342 e. The van der Waals surface area contributed by atoms with Gasteiger partial charge in [-0.2, -0.15) is 0 Å². The summed E-state index contributed by atoms with van der Waals surface area (Å²) in [5.74, 6) is -0.297. The summed E-state index contributed by atoms with van der Waals surface area (Å²) >= 11 is 0. The third-order valence-corrected chi connectivity index (χ3v) is 5.52. The zero-order chi connectivity index (χ0) is 19.9. The van der Waals surface area contributed by atoms with E-state index in [0.717, 1.165) is 36.9 Å². The number of likely N-dealkylation sites (N-methyl/N-ethyl adjacent to an activating group) is 1. The Balaban J connectivity index is 1.50. The van der Waals surface area contributed by atoms with Crippen LogP contribution in [0.3, 0.4) is 0 Å². The third-order valence-electron chi connectivity index (χ3n) is 5.52. The molecule has 0 aromatic heterocycles. The van der Waals surface area contributed by atoms with Gasteiger partial charge in [-0.15, -0.1) is 0 Å². The number of carbonyl (C=O) groups excluding carboxylic acids is 2. The summed E-state index contributed by atoms with van der Waals surface area (Å²) in [4.78, 5) is 25.7. The van der Waals surface area contributed by atoms with Crippen molar-refractivity contribution in [2.75, 3.05) is 25.5 Å². The highest BCUT2D eigenvalue weighted by atomic mass is 16.2. The van der Waals surface area contributed by atoms with Gasteiger partial charge in [-0.1, -0.05) is 49.4 Å². The average molecular weight is 381 g/mol. The Morgan fingerprint density at radius 1 is 1.07 bits per heavy atom. The lowest BCUT2D eigenvalue weighted by Gasteiger charge is -2.30. The van der Waals surface area contributed by atoms with Crippen LogP contribution in [0.2, 0.25) is 0 Å². The Morgan fingerprint density at radius 2 is 1.82 bits per heavy atom. The molecule has 1 aliphatic carbocycles. The van der Waals surface area contributed by atoms with Crippen molar-refractivity contribution in [1.82, 2.24) is 5.32 Å². The number of para-hydroxylation sites is 1. The molecule has 0 fully saturated rings. The first kappa shape index (κ1) is 20.1. The molecule has 148 valence electrons. The minimum absolute atomic E-state index is 0.00852. The molecule has 5 heteroatoms. The summed E-state index contributed by atoms with van der Waals surface area (Å²) in [5.41, 5.74) is 4.65. The number of rotatable bonds is 7.